The Hall–Kier alpha value is -3.35. The Bertz CT molecular complexity index is 1050. The first-order valence-electron chi connectivity index (χ1n) is 9.73. The third kappa shape index (κ3) is 5.59. The quantitative estimate of drug-likeness (QED) is 0.599. The van der Waals surface area contributed by atoms with Gasteiger partial charge in [-0.2, -0.15) is 5.10 Å². The SMILES string of the molecule is Cc1cc(-c2cc(Nc3cnn(C)c3)ccc2F)ccc1CNC(=O)OC(C)(C)C. The van der Waals surface area contributed by atoms with Crippen molar-refractivity contribution in [2.24, 2.45) is 7.05 Å². The summed E-state index contributed by atoms with van der Waals surface area (Å²) in [6.07, 6.45) is 3.09. The number of rotatable bonds is 5. The Balaban J connectivity index is 1.75. The minimum atomic E-state index is -0.546. The normalized spacial score (nSPS) is 11.3. The highest BCUT2D eigenvalue weighted by Gasteiger charge is 2.16. The van der Waals surface area contributed by atoms with Crippen LogP contribution in [-0.4, -0.2) is 21.5 Å². The van der Waals surface area contributed by atoms with Gasteiger partial charge in [0.1, 0.15) is 11.4 Å². The fourth-order valence-corrected chi connectivity index (χ4v) is 3.02. The number of amides is 1. The van der Waals surface area contributed by atoms with Crippen LogP contribution >= 0.6 is 0 Å². The molecule has 2 aromatic carbocycles. The zero-order valence-corrected chi connectivity index (χ0v) is 17.9. The van der Waals surface area contributed by atoms with E-state index in [1.54, 1.807) is 23.0 Å². The number of nitrogens with zero attached hydrogens (tertiary/aromatic N) is 2. The van der Waals surface area contributed by atoms with Crippen LogP contribution < -0.4 is 10.6 Å². The molecule has 0 aliphatic rings. The number of ether oxygens (including phenoxy) is 1. The molecule has 6 nitrogen and oxygen atoms in total. The second kappa shape index (κ2) is 8.57. The molecular formula is C23H27FN4O2. The lowest BCUT2D eigenvalue weighted by Crippen LogP contribution is -2.32. The Kier molecular flexibility index (Phi) is 6.10. The molecule has 0 fully saturated rings. The van der Waals surface area contributed by atoms with Gasteiger partial charge in [-0.15, -0.1) is 0 Å². The molecule has 0 saturated carbocycles. The first-order chi connectivity index (χ1) is 14.1. The summed E-state index contributed by atoms with van der Waals surface area (Å²) in [4.78, 5) is 11.9. The predicted molar refractivity (Wildman–Crippen MR) is 116 cm³/mol. The van der Waals surface area contributed by atoms with Gasteiger partial charge in [0.25, 0.3) is 0 Å². The lowest BCUT2D eigenvalue weighted by atomic mass is 9.99. The zero-order valence-electron chi connectivity index (χ0n) is 17.9. The minimum Gasteiger partial charge on any atom is -0.444 e. The molecule has 0 atom stereocenters. The second-order valence-corrected chi connectivity index (χ2v) is 8.22. The molecule has 3 aromatic rings. The summed E-state index contributed by atoms with van der Waals surface area (Å²) in [5.41, 5.74) is 4.21. The van der Waals surface area contributed by atoms with Crippen molar-refractivity contribution in [3.8, 4) is 11.1 Å². The number of hydrogen-bond donors (Lipinski definition) is 2. The molecule has 2 N–H and O–H groups in total. The molecule has 1 heterocycles. The number of aryl methyl sites for hydroxylation is 2. The van der Waals surface area contributed by atoms with Gasteiger partial charge in [-0.25, -0.2) is 9.18 Å². The monoisotopic (exact) mass is 410 g/mol. The lowest BCUT2D eigenvalue weighted by Gasteiger charge is -2.20. The Morgan fingerprint density at radius 3 is 2.57 bits per heavy atom. The van der Waals surface area contributed by atoms with E-state index in [9.17, 15) is 9.18 Å². The number of anilines is 2. The molecule has 0 unspecified atom stereocenters. The third-order valence-electron chi connectivity index (χ3n) is 4.44. The van der Waals surface area contributed by atoms with E-state index in [2.05, 4.69) is 15.7 Å². The highest BCUT2D eigenvalue weighted by Crippen LogP contribution is 2.29. The highest BCUT2D eigenvalue weighted by molar-refractivity contribution is 5.72. The maximum atomic E-state index is 14.5. The van der Waals surface area contributed by atoms with Gasteiger partial charge in [-0.3, -0.25) is 4.68 Å². The van der Waals surface area contributed by atoms with Crippen molar-refractivity contribution in [1.82, 2.24) is 15.1 Å². The van der Waals surface area contributed by atoms with Crippen LogP contribution in [-0.2, 0) is 18.3 Å². The van der Waals surface area contributed by atoms with E-state index in [0.717, 1.165) is 28.1 Å². The molecule has 7 heteroatoms. The molecule has 0 bridgehead atoms. The molecule has 1 aromatic heterocycles. The van der Waals surface area contributed by atoms with Crippen molar-refractivity contribution in [2.75, 3.05) is 5.32 Å². The number of benzene rings is 2. The molecule has 0 spiro atoms. The fourth-order valence-electron chi connectivity index (χ4n) is 3.02. The van der Waals surface area contributed by atoms with Gasteiger partial charge in [0.2, 0.25) is 0 Å². The Morgan fingerprint density at radius 1 is 1.17 bits per heavy atom. The molecule has 1 amide bonds. The maximum absolute atomic E-state index is 14.5. The van der Waals surface area contributed by atoms with Crippen molar-refractivity contribution in [2.45, 2.75) is 39.8 Å². The number of carbonyl (C=O) groups is 1. The number of aromatic nitrogens is 2. The van der Waals surface area contributed by atoms with Gasteiger partial charge in [0, 0.05) is 31.0 Å². The third-order valence-corrected chi connectivity index (χ3v) is 4.44. The molecule has 30 heavy (non-hydrogen) atoms. The number of alkyl carbamates (subject to hydrolysis) is 1. The average Bonchev–Trinajstić information content (AvgIpc) is 3.05. The summed E-state index contributed by atoms with van der Waals surface area (Å²) in [5, 5.41) is 10.1. The van der Waals surface area contributed by atoms with Crippen molar-refractivity contribution in [1.29, 1.82) is 0 Å². The summed E-state index contributed by atoms with van der Waals surface area (Å²) in [7, 11) is 1.84. The number of hydrogen-bond acceptors (Lipinski definition) is 4. The van der Waals surface area contributed by atoms with Crippen molar-refractivity contribution in [3.63, 3.8) is 0 Å². The van der Waals surface area contributed by atoms with E-state index in [0.29, 0.717) is 12.1 Å². The summed E-state index contributed by atoms with van der Waals surface area (Å²) in [5.74, 6) is -0.300. The van der Waals surface area contributed by atoms with Crippen molar-refractivity contribution in [3.05, 3.63) is 65.7 Å². The first-order valence-corrected chi connectivity index (χ1v) is 9.73. The second-order valence-electron chi connectivity index (χ2n) is 8.22. The largest absolute Gasteiger partial charge is 0.444 e. The summed E-state index contributed by atoms with van der Waals surface area (Å²) in [6, 6.07) is 10.6. The highest BCUT2D eigenvalue weighted by atomic mass is 19.1. The van der Waals surface area contributed by atoms with Gasteiger partial charge in [-0.05, 0) is 62.6 Å². The van der Waals surface area contributed by atoms with Gasteiger partial charge >= 0.3 is 6.09 Å². The Labute approximate surface area is 176 Å². The fraction of sp³-hybridized carbons (Fsp3) is 0.304. The van der Waals surface area contributed by atoms with Crippen LogP contribution in [0.3, 0.4) is 0 Å². The molecule has 158 valence electrons. The molecule has 0 aliphatic heterocycles. The lowest BCUT2D eigenvalue weighted by molar-refractivity contribution is 0.0523. The van der Waals surface area contributed by atoms with Gasteiger partial charge in [-0.1, -0.05) is 18.2 Å². The molecule has 3 rings (SSSR count). The summed E-state index contributed by atoms with van der Waals surface area (Å²) in [6.45, 7) is 7.73. The van der Waals surface area contributed by atoms with Gasteiger partial charge in [0.05, 0.1) is 11.9 Å². The molecule has 0 radical (unpaired) electrons. The van der Waals surface area contributed by atoms with Crippen LogP contribution in [0.1, 0.15) is 31.9 Å². The van der Waals surface area contributed by atoms with Crippen LogP contribution in [0.15, 0.2) is 48.8 Å². The summed E-state index contributed by atoms with van der Waals surface area (Å²) >= 11 is 0. The topological polar surface area (TPSA) is 68.2 Å². The maximum Gasteiger partial charge on any atom is 0.407 e. The Morgan fingerprint density at radius 2 is 1.93 bits per heavy atom. The van der Waals surface area contributed by atoms with Crippen molar-refractivity contribution < 1.29 is 13.9 Å². The number of carbonyl (C=O) groups excluding carboxylic acids is 1. The van der Waals surface area contributed by atoms with Gasteiger partial charge in [0.15, 0.2) is 0 Å². The zero-order chi connectivity index (χ0) is 21.9. The van der Waals surface area contributed by atoms with E-state index < -0.39 is 11.7 Å². The van der Waals surface area contributed by atoms with Crippen LogP contribution in [0.2, 0.25) is 0 Å². The first kappa shape index (κ1) is 21.4. The van der Waals surface area contributed by atoms with Crippen molar-refractivity contribution >= 4 is 17.5 Å². The standard InChI is InChI=1S/C23H27FN4O2/c1-15-10-16(6-7-17(15)12-25-22(29)30-23(2,3)4)20-11-18(8-9-21(20)24)27-19-13-26-28(5)14-19/h6-11,13-14,27H,12H2,1-5H3,(H,25,29). The minimum absolute atomic E-state index is 0.300. The molecule has 0 aliphatic carbocycles. The smallest absolute Gasteiger partial charge is 0.407 e. The number of halogens is 1. The average molecular weight is 410 g/mol. The predicted octanol–water partition coefficient (Wildman–Crippen LogP) is 5.30. The van der Waals surface area contributed by atoms with E-state index >= 15 is 0 Å². The van der Waals surface area contributed by atoms with Crippen LogP contribution in [0.25, 0.3) is 11.1 Å². The van der Waals surface area contributed by atoms with Crippen LogP contribution in [0.4, 0.5) is 20.6 Å². The number of nitrogens with one attached hydrogen (secondary N) is 2. The van der Waals surface area contributed by atoms with E-state index in [1.807, 2.05) is 59.1 Å². The van der Waals surface area contributed by atoms with Gasteiger partial charge < -0.3 is 15.4 Å². The summed E-state index contributed by atoms with van der Waals surface area (Å²) < 4.78 is 21.5. The van der Waals surface area contributed by atoms with E-state index in [-0.39, 0.29) is 5.82 Å². The van der Waals surface area contributed by atoms with Crippen LogP contribution in [0.5, 0.6) is 0 Å². The van der Waals surface area contributed by atoms with E-state index in [4.69, 9.17) is 4.74 Å². The van der Waals surface area contributed by atoms with Crippen LogP contribution in [0, 0.1) is 12.7 Å². The molecule has 0 saturated heterocycles. The van der Waals surface area contributed by atoms with E-state index in [1.165, 1.54) is 6.07 Å². The molecular weight excluding hydrogens is 383 g/mol.